The number of rotatable bonds is 5. The summed E-state index contributed by atoms with van der Waals surface area (Å²) < 4.78 is 5.03. The number of amides is 1. The van der Waals surface area contributed by atoms with Crippen molar-refractivity contribution in [3.05, 3.63) is 78.1 Å². The number of pyridine rings is 2. The third kappa shape index (κ3) is 4.11. The van der Waals surface area contributed by atoms with Crippen LogP contribution in [0.4, 0.5) is 17.2 Å². The maximum atomic E-state index is 12.6. The number of methoxy groups -OCH3 is 1. The van der Waals surface area contributed by atoms with E-state index >= 15 is 0 Å². The number of benzene rings is 2. The first-order valence-electron chi connectivity index (χ1n) is 9.71. The second-order valence-corrected chi connectivity index (χ2v) is 7.14. The van der Waals surface area contributed by atoms with Gasteiger partial charge in [-0.25, -0.2) is 9.97 Å². The molecule has 0 saturated heterocycles. The Morgan fingerprint density at radius 1 is 1.06 bits per heavy atom. The molecule has 2 aromatic heterocycles. The molecule has 0 unspecified atom stereocenters. The van der Waals surface area contributed by atoms with Crippen LogP contribution in [0.1, 0.15) is 16.1 Å². The number of nitrogens with one attached hydrogen (secondary N) is 1. The molecule has 1 amide bonds. The molecule has 7 heteroatoms. The molecule has 0 radical (unpaired) electrons. The fourth-order valence-electron chi connectivity index (χ4n) is 3.24. The second kappa shape index (κ2) is 8.31. The Hall–Kier alpha value is -4.13. The molecule has 0 fully saturated rings. The number of aryl methyl sites for hydroxylation is 1. The van der Waals surface area contributed by atoms with Crippen LogP contribution < -0.4 is 15.0 Å². The lowest BCUT2D eigenvalue weighted by atomic mass is 10.1. The van der Waals surface area contributed by atoms with Gasteiger partial charge in [-0.3, -0.25) is 4.79 Å². The Kier molecular flexibility index (Phi) is 5.41. The molecule has 2 aromatic carbocycles. The average molecular weight is 414 g/mol. The largest absolute Gasteiger partial charge is 0.503 e. The third-order valence-corrected chi connectivity index (χ3v) is 5.02. The van der Waals surface area contributed by atoms with Crippen LogP contribution >= 0.6 is 0 Å². The van der Waals surface area contributed by atoms with Gasteiger partial charge in [-0.15, -0.1) is 0 Å². The predicted molar refractivity (Wildman–Crippen MR) is 121 cm³/mol. The summed E-state index contributed by atoms with van der Waals surface area (Å²) in [5.74, 6) is 0.180. The molecule has 0 aliphatic carbocycles. The maximum Gasteiger partial charge on any atom is 0.278 e. The summed E-state index contributed by atoms with van der Waals surface area (Å²) in [5.41, 5.74) is 3.52. The molecule has 7 nitrogen and oxygen atoms in total. The quantitative estimate of drug-likeness (QED) is 0.493. The van der Waals surface area contributed by atoms with Gasteiger partial charge in [-0.1, -0.05) is 17.7 Å². The Labute approximate surface area is 180 Å². The summed E-state index contributed by atoms with van der Waals surface area (Å²) in [5, 5.41) is 13.8. The number of ether oxygens (including phenoxy) is 1. The number of carbonyl (C=O) groups excluding carboxylic acids is 1. The lowest BCUT2D eigenvalue weighted by molar-refractivity contribution is 0.101. The molecular weight excluding hydrogens is 392 g/mol. The van der Waals surface area contributed by atoms with Crippen molar-refractivity contribution in [2.45, 2.75) is 6.92 Å². The van der Waals surface area contributed by atoms with E-state index in [4.69, 9.17) is 9.72 Å². The van der Waals surface area contributed by atoms with Crippen molar-refractivity contribution in [3.63, 3.8) is 0 Å². The van der Waals surface area contributed by atoms with Crippen molar-refractivity contribution in [2.75, 3.05) is 24.4 Å². The highest BCUT2D eigenvalue weighted by Gasteiger charge is 2.17. The van der Waals surface area contributed by atoms with E-state index in [1.165, 1.54) is 24.9 Å². The number of anilines is 3. The minimum Gasteiger partial charge on any atom is -0.503 e. The highest BCUT2D eigenvalue weighted by Crippen LogP contribution is 2.29. The van der Waals surface area contributed by atoms with Crippen molar-refractivity contribution < 1.29 is 14.6 Å². The zero-order valence-corrected chi connectivity index (χ0v) is 17.5. The number of aromatic hydroxyl groups is 1. The van der Waals surface area contributed by atoms with Gasteiger partial charge in [0.25, 0.3) is 5.91 Å². The number of nitrogens with zero attached hydrogens (tertiary/aromatic N) is 3. The van der Waals surface area contributed by atoms with Crippen LogP contribution in [-0.4, -0.2) is 35.1 Å². The number of hydrogen-bond acceptors (Lipinski definition) is 6. The molecule has 4 rings (SSSR count). The van der Waals surface area contributed by atoms with E-state index < -0.39 is 5.91 Å². The van der Waals surface area contributed by atoms with Gasteiger partial charge in [0.05, 0.1) is 12.6 Å². The maximum absolute atomic E-state index is 12.6. The minimum absolute atomic E-state index is 0.104. The molecular formula is C24H22N4O3. The van der Waals surface area contributed by atoms with E-state index in [0.717, 1.165) is 22.4 Å². The van der Waals surface area contributed by atoms with Gasteiger partial charge in [-0.05, 0) is 49.4 Å². The molecule has 156 valence electrons. The monoisotopic (exact) mass is 414 g/mol. The fraction of sp³-hybridized carbons (Fsp3) is 0.125. The van der Waals surface area contributed by atoms with E-state index in [0.29, 0.717) is 5.69 Å². The van der Waals surface area contributed by atoms with Crippen molar-refractivity contribution in [1.82, 2.24) is 9.97 Å². The summed E-state index contributed by atoms with van der Waals surface area (Å²) in [6, 6.07) is 19.1. The summed E-state index contributed by atoms with van der Waals surface area (Å²) in [4.78, 5) is 23.3. The van der Waals surface area contributed by atoms with Gasteiger partial charge in [0, 0.05) is 36.1 Å². The highest BCUT2D eigenvalue weighted by molar-refractivity contribution is 6.05. The van der Waals surface area contributed by atoms with Gasteiger partial charge >= 0.3 is 0 Å². The van der Waals surface area contributed by atoms with Crippen molar-refractivity contribution in [3.8, 4) is 11.5 Å². The number of aromatic nitrogens is 2. The van der Waals surface area contributed by atoms with Crippen LogP contribution in [0.25, 0.3) is 10.9 Å². The molecule has 4 aromatic rings. The van der Waals surface area contributed by atoms with Crippen molar-refractivity contribution in [1.29, 1.82) is 0 Å². The molecule has 0 atom stereocenters. The van der Waals surface area contributed by atoms with Gasteiger partial charge in [0.1, 0.15) is 5.82 Å². The molecule has 0 bridgehead atoms. The molecule has 0 saturated carbocycles. The third-order valence-electron chi connectivity index (χ3n) is 5.02. The first-order chi connectivity index (χ1) is 15.0. The first-order valence-corrected chi connectivity index (χ1v) is 9.71. The van der Waals surface area contributed by atoms with E-state index in [1.807, 2.05) is 36.2 Å². The van der Waals surface area contributed by atoms with Crippen LogP contribution in [-0.2, 0) is 0 Å². The molecule has 31 heavy (non-hydrogen) atoms. The predicted octanol–water partition coefficient (Wildman–Crippen LogP) is 4.67. The number of fused-ring (bicyclic) bond motifs is 1. The Morgan fingerprint density at radius 3 is 2.58 bits per heavy atom. The number of carbonyl (C=O) groups is 1. The first kappa shape index (κ1) is 20.2. The fourth-order valence-corrected chi connectivity index (χ4v) is 3.24. The van der Waals surface area contributed by atoms with Gasteiger partial charge in [0.2, 0.25) is 0 Å². The van der Waals surface area contributed by atoms with E-state index in [2.05, 4.69) is 41.5 Å². The average Bonchev–Trinajstić information content (AvgIpc) is 2.79. The normalized spacial score (nSPS) is 10.7. The topological polar surface area (TPSA) is 87.6 Å². The smallest absolute Gasteiger partial charge is 0.278 e. The summed E-state index contributed by atoms with van der Waals surface area (Å²) in [6.45, 7) is 2.06. The highest BCUT2D eigenvalue weighted by atomic mass is 16.5. The Balaban J connectivity index is 1.57. The zero-order chi connectivity index (χ0) is 22.0. The van der Waals surface area contributed by atoms with Crippen LogP contribution in [0.5, 0.6) is 11.5 Å². The second-order valence-electron chi connectivity index (χ2n) is 7.14. The summed E-state index contributed by atoms with van der Waals surface area (Å²) in [7, 11) is 3.39. The molecule has 2 heterocycles. The van der Waals surface area contributed by atoms with Crippen LogP contribution in [0.2, 0.25) is 0 Å². The standard InChI is InChI=1S/C24H22N4O3/c1-15-4-8-18(9-5-15)28(2)21-11-6-16-14-17(7-10-19(16)27-21)26-24(30)22-23(29)20(31-3)12-13-25-22/h4-14,29H,1-3H3,(H,26,30). The van der Waals surface area contributed by atoms with E-state index in [-0.39, 0.29) is 17.2 Å². The van der Waals surface area contributed by atoms with Gasteiger partial charge in [0.15, 0.2) is 17.2 Å². The molecule has 0 aliphatic rings. The molecule has 0 spiro atoms. The number of hydrogen-bond donors (Lipinski definition) is 2. The van der Waals surface area contributed by atoms with Gasteiger partial charge < -0.3 is 20.1 Å². The van der Waals surface area contributed by atoms with Crippen molar-refractivity contribution in [2.24, 2.45) is 0 Å². The zero-order valence-electron chi connectivity index (χ0n) is 17.5. The van der Waals surface area contributed by atoms with Crippen LogP contribution in [0.3, 0.4) is 0 Å². The summed E-state index contributed by atoms with van der Waals surface area (Å²) in [6.07, 6.45) is 1.41. The minimum atomic E-state index is -0.528. The van der Waals surface area contributed by atoms with Gasteiger partial charge in [-0.2, -0.15) is 0 Å². The van der Waals surface area contributed by atoms with Crippen LogP contribution in [0.15, 0.2) is 66.9 Å². The lowest BCUT2D eigenvalue weighted by Crippen LogP contribution is -2.14. The Bertz CT molecular complexity index is 1260. The van der Waals surface area contributed by atoms with E-state index in [9.17, 15) is 9.90 Å². The lowest BCUT2D eigenvalue weighted by Gasteiger charge is -2.19. The Morgan fingerprint density at radius 2 is 1.84 bits per heavy atom. The van der Waals surface area contributed by atoms with Crippen molar-refractivity contribution >= 4 is 34.0 Å². The molecule has 0 aliphatic heterocycles. The summed E-state index contributed by atoms with van der Waals surface area (Å²) >= 11 is 0. The van der Waals surface area contributed by atoms with Crippen LogP contribution in [0, 0.1) is 6.92 Å². The molecule has 2 N–H and O–H groups in total. The van der Waals surface area contributed by atoms with E-state index in [1.54, 1.807) is 6.07 Å². The SMILES string of the molecule is COc1ccnc(C(=O)Nc2ccc3nc(N(C)c4ccc(C)cc4)ccc3c2)c1O.